The zero-order valence-electron chi connectivity index (χ0n) is 16.9. The Morgan fingerprint density at radius 2 is 1.77 bits per heavy atom. The molecule has 0 radical (unpaired) electrons. The zero-order valence-corrected chi connectivity index (χ0v) is 17.6. The third-order valence-electron chi connectivity index (χ3n) is 5.74. The molecule has 8 heteroatoms. The van der Waals surface area contributed by atoms with Gasteiger partial charge in [-0.3, -0.25) is 14.5 Å². The quantitative estimate of drug-likeness (QED) is 0.628. The molecule has 1 unspecified atom stereocenters. The molecule has 1 aliphatic heterocycles. The molecule has 0 saturated carbocycles. The molecule has 1 amide bonds. The predicted octanol–water partition coefficient (Wildman–Crippen LogP) is 2.74. The number of hydrogen-bond donors (Lipinski definition) is 0. The topological polar surface area (TPSA) is 71.3 Å². The highest BCUT2D eigenvalue weighted by molar-refractivity contribution is 6.31. The maximum atomic E-state index is 12.7. The molecule has 156 valence electrons. The van der Waals surface area contributed by atoms with Gasteiger partial charge in [-0.25, -0.2) is 4.68 Å². The number of aromatic nitrogens is 3. The lowest BCUT2D eigenvalue weighted by Gasteiger charge is -2.38. The van der Waals surface area contributed by atoms with E-state index in [0.717, 1.165) is 23.7 Å². The summed E-state index contributed by atoms with van der Waals surface area (Å²) in [5.74, 6) is 0.0295. The van der Waals surface area contributed by atoms with Crippen LogP contribution in [0, 0.1) is 0 Å². The van der Waals surface area contributed by atoms with Gasteiger partial charge in [0.05, 0.1) is 11.9 Å². The van der Waals surface area contributed by atoms with Gasteiger partial charge in [0.25, 0.3) is 5.56 Å². The van der Waals surface area contributed by atoms with E-state index in [0.29, 0.717) is 24.0 Å². The van der Waals surface area contributed by atoms with Crippen LogP contribution in [0.3, 0.4) is 0 Å². The van der Waals surface area contributed by atoms with E-state index in [1.165, 1.54) is 4.68 Å². The second kappa shape index (κ2) is 8.93. The van der Waals surface area contributed by atoms with Crippen molar-refractivity contribution in [1.82, 2.24) is 24.8 Å². The van der Waals surface area contributed by atoms with Crippen LogP contribution in [0.2, 0.25) is 5.02 Å². The van der Waals surface area contributed by atoms with Crippen molar-refractivity contribution in [2.75, 3.05) is 26.2 Å². The third-order valence-corrected chi connectivity index (χ3v) is 6.08. The van der Waals surface area contributed by atoms with Crippen molar-refractivity contribution in [1.29, 1.82) is 0 Å². The van der Waals surface area contributed by atoms with Crippen LogP contribution in [0.5, 0.6) is 0 Å². The Bertz CT molecular complexity index is 1110. The first-order valence-corrected chi connectivity index (χ1v) is 10.5. The number of fused-ring (bicyclic) bond motifs is 1. The molecule has 1 saturated heterocycles. The van der Waals surface area contributed by atoms with Crippen molar-refractivity contribution < 1.29 is 4.79 Å². The molecular formula is C22H24ClN5O2. The molecule has 1 fully saturated rings. The summed E-state index contributed by atoms with van der Waals surface area (Å²) in [6, 6.07) is 15.2. The Labute approximate surface area is 179 Å². The van der Waals surface area contributed by atoms with Gasteiger partial charge in [0, 0.05) is 43.7 Å². The van der Waals surface area contributed by atoms with Crippen molar-refractivity contribution in [2.24, 2.45) is 0 Å². The molecule has 1 aliphatic rings. The molecule has 0 bridgehead atoms. The highest BCUT2D eigenvalue weighted by atomic mass is 35.5. The first-order valence-electron chi connectivity index (χ1n) is 10.1. The summed E-state index contributed by atoms with van der Waals surface area (Å²) >= 11 is 6.34. The second-order valence-corrected chi connectivity index (χ2v) is 7.91. The largest absolute Gasteiger partial charge is 0.340 e. The SMILES string of the molecule is CC(c1ccccc1Cl)N1CCN(C(=O)CCn2nnc3ccccc3c2=O)CC1. The molecule has 4 rings (SSSR count). The highest BCUT2D eigenvalue weighted by Crippen LogP contribution is 2.27. The van der Waals surface area contributed by atoms with E-state index >= 15 is 0 Å². The maximum absolute atomic E-state index is 12.7. The van der Waals surface area contributed by atoms with E-state index < -0.39 is 0 Å². The fourth-order valence-electron chi connectivity index (χ4n) is 3.90. The van der Waals surface area contributed by atoms with Crippen LogP contribution < -0.4 is 5.56 Å². The first kappa shape index (κ1) is 20.5. The zero-order chi connectivity index (χ0) is 21.1. The van der Waals surface area contributed by atoms with Crippen LogP contribution >= 0.6 is 11.6 Å². The van der Waals surface area contributed by atoms with Gasteiger partial charge in [0.2, 0.25) is 5.91 Å². The smallest absolute Gasteiger partial charge is 0.277 e. The van der Waals surface area contributed by atoms with Gasteiger partial charge in [-0.15, -0.1) is 5.10 Å². The Morgan fingerprint density at radius 1 is 1.07 bits per heavy atom. The Hall–Kier alpha value is -2.77. The van der Waals surface area contributed by atoms with Crippen LogP contribution in [0.4, 0.5) is 0 Å². The second-order valence-electron chi connectivity index (χ2n) is 7.50. The molecule has 7 nitrogen and oxygen atoms in total. The highest BCUT2D eigenvalue weighted by Gasteiger charge is 2.25. The van der Waals surface area contributed by atoms with E-state index in [-0.39, 0.29) is 30.5 Å². The fourth-order valence-corrected chi connectivity index (χ4v) is 4.19. The molecule has 0 aliphatic carbocycles. The number of benzene rings is 2. The van der Waals surface area contributed by atoms with Crippen LogP contribution in [0.25, 0.3) is 10.9 Å². The maximum Gasteiger partial charge on any atom is 0.277 e. The van der Waals surface area contributed by atoms with Gasteiger partial charge >= 0.3 is 0 Å². The summed E-state index contributed by atoms with van der Waals surface area (Å²) in [7, 11) is 0. The lowest BCUT2D eigenvalue weighted by Crippen LogP contribution is -2.49. The predicted molar refractivity (Wildman–Crippen MR) is 116 cm³/mol. The standard InChI is InChI=1S/C22H24ClN5O2/c1-16(17-6-2-4-8-19(17)23)26-12-14-27(15-13-26)21(29)10-11-28-22(30)18-7-3-5-9-20(18)24-25-28/h2-9,16H,10-15H2,1H3. The summed E-state index contributed by atoms with van der Waals surface area (Å²) in [4.78, 5) is 29.4. The Balaban J connectivity index is 1.33. The molecule has 30 heavy (non-hydrogen) atoms. The minimum Gasteiger partial charge on any atom is -0.340 e. The summed E-state index contributed by atoms with van der Waals surface area (Å²) < 4.78 is 1.27. The van der Waals surface area contributed by atoms with Crippen molar-refractivity contribution in [3.8, 4) is 0 Å². The van der Waals surface area contributed by atoms with E-state index in [1.54, 1.807) is 18.2 Å². The molecule has 1 aromatic heterocycles. The van der Waals surface area contributed by atoms with Crippen molar-refractivity contribution in [3.63, 3.8) is 0 Å². The first-order chi connectivity index (χ1) is 14.5. The summed E-state index contributed by atoms with van der Waals surface area (Å²) in [5.41, 5.74) is 1.45. The monoisotopic (exact) mass is 425 g/mol. The third kappa shape index (κ3) is 4.22. The van der Waals surface area contributed by atoms with Crippen LogP contribution in [-0.4, -0.2) is 56.9 Å². The average molecular weight is 426 g/mol. The molecule has 0 N–H and O–H groups in total. The lowest BCUT2D eigenvalue weighted by molar-refractivity contribution is -0.133. The Kier molecular flexibility index (Phi) is 6.11. The van der Waals surface area contributed by atoms with Crippen LogP contribution in [0.1, 0.15) is 24.9 Å². The van der Waals surface area contributed by atoms with Crippen LogP contribution in [-0.2, 0) is 11.3 Å². The minimum atomic E-state index is -0.216. The number of carbonyl (C=O) groups excluding carboxylic acids is 1. The molecule has 1 atom stereocenters. The van der Waals surface area contributed by atoms with Gasteiger partial charge in [-0.1, -0.05) is 47.1 Å². The average Bonchev–Trinajstić information content (AvgIpc) is 2.78. The van der Waals surface area contributed by atoms with E-state index in [1.807, 2.05) is 35.2 Å². The summed E-state index contributed by atoms with van der Waals surface area (Å²) in [6.45, 7) is 5.26. The number of aryl methyl sites for hydroxylation is 1. The van der Waals surface area contributed by atoms with Gasteiger partial charge in [0.15, 0.2) is 0 Å². The van der Waals surface area contributed by atoms with Gasteiger partial charge < -0.3 is 4.90 Å². The molecular weight excluding hydrogens is 402 g/mol. The number of amides is 1. The van der Waals surface area contributed by atoms with Gasteiger partial charge in [-0.05, 0) is 30.7 Å². The van der Waals surface area contributed by atoms with Gasteiger partial charge in [0.1, 0.15) is 5.52 Å². The fraction of sp³-hybridized carbons (Fsp3) is 0.364. The van der Waals surface area contributed by atoms with Crippen molar-refractivity contribution in [2.45, 2.75) is 25.9 Å². The lowest BCUT2D eigenvalue weighted by atomic mass is 10.1. The number of halogens is 1. The van der Waals surface area contributed by atoms with Crippen molar-refractivity contribution in [3.05, 3.63) is 69.5 Å². The Morgan fingerprint density at radius 3 is 2.53 bits per heavy atom. The number of piperazine rings is 1. The number of nitrogens with zero attached hydrogens (tertiary/aromatic N) is 5. The molecule has 2 aromatic carbocycles. The number of rotatable bonds is 5. The number of carbonyl (C=O) groups is 1. The summed E-state index contributed by atoms with van der Waals surface area (Å²) in [6.07, 6.45) is 0.229. The van der Waals surface area contributed by atoms with Gasteiger partial charge in [-0.2, -0.15) is 0 Å². The summed E-state index contributed by atoms with van der Waals surface area (Å²) in [5, 5.41) is 9.32. The van der Waals surface area contributed by atoms with E-state index in [4.69, 9.17) is 11.6 Å². The van der Waals surface area contributed by atoms with Crippen molar-refractivity contribution >= 4 is 28.4 Å². The normalized spacial score (nSPS) is 16.0. The minimum absolute atomic E-state index is 0.0295. The molecule has 0 spiro atoms. The van der Waals surface area contributed by atoms with Crippen LogP contribution in [0.15, 0.2) is 53.3 Å². The van der Waals surface area contributed by atoms with E-state index in [2.05, 4.69) is 22.1 Å². The van der Waals surface area contributed by atoms with E-state index in [9.17, 15) is 9.59 Å². The number of hydrogen-bond acceptors (Lipinski definition) is 5. The molecule has 2 heterocycles. The molecule has 3 aromatic rings.